The van der Waals surface area contributed by atoms with Crippen molar-refractivity contribution in [2.75, 3.05) is 20.0 Å². The number of hydrogen-bond donors (Lipinski definition) is 0. The summed E-state index contributed by atoms with van der Waals surface area (Å²) in [6.07, 6.45) is 0. The zero-order chi connectivity index (χ0) is 14.0. The molecule has 1 saturated heterocycles. The standard InChI is InChI=1S/C6H13O9PS2/c1-3-12-16(7,13-4-2)6-17(8,9)14-5-15-18(6,10)11/h6H,3-5H2,1-2H3. The summed E-state index contributed by atoms with van der Waals surface area (Å²) in [7, 11) is -13.8. The predicted octanol–water partition coefficient (Wildman–Crippen LogP) is 0.200. The fraction of sp³-hybridized carbons (Fsp3) is 1.00. The van der Waals surface area contributed by atoms with Gasteiger partial charge in [0.25, 0.3) is 0 Å². The summed E-state index contributed by atoms with van der Waals surface area (Å²) in [5.74, 6) is 0. The Kier molecular flexibility index (Phi) is 4.93. The summed E-state index contributed by atoms with van der Waals surface area (Å²) >= 11 is 0. The average Bonchev–Trinajstić information content (AvgIpc) is 2.14. The van der Waals surface area contributed by atoms with Crippen molar-refractivity contribution in [3.63, 3.8) is 0 Å². The first-order valence-corrected chi connectivity index (χ1v) is 9.40. The van der Waals surface area contributed by atoms with Crippen LogP contribution in [0.25, 0.3) is 0 Å². The minimum atomic E-state index is -4.66. The number of rotatable bonds is 5. The highest BCUT2D eigenvalue weighted by molar-refractivity contribution is 8.13. The molecule has 0 saturated carbocycles. The highest BCUT2D eigenvalue weighted by Crippen LogP contribution is 2.58. The van der Waals surface area contributed by atoms with Gasteiger partial charge < -0.3 is 9.05 Å². The summed E-state index contributed by atoms with van der Waals surface area (Å²) in [5, 5.41) is 0. The zero-order valence-electron chi connectivity index (χ0n) is 9.64. The molecule has 0 aromatic heterocycles. The Balaban J connectivity index is 3.34. The van der Waals surface area contributed by atoms with E-state index in [4.69, 9.17) is 9.05 Å². The van der Waals surface area contributed by atoms with Crippen molar-refractivity contribution in [3.8, 4) is 0 Å². The molecular formula is C6H13O9PS2. The lowest BCUT2D eigenvalue weighted by atomic mass is 10.9. The second-order valence-electron chi connectivity index (χ2n) is 3.02. The molecule has 1 heterocycles. The molecule has 1 aliphatic heterocycles. The van der Waals surface area contributed by atoms with E-state index in [9.17, 15) is 21.4 Å². The third-order valence-electron chi connectivity index (χ3n) is 1.79. The molecule has 0 aliphatic carbocycles. The van der Waals surface area contributed by atoms with Crippen molar-refractivity contribution in [3.05, 3.63) is 0 Å². The third-order valence-corrected chi connectivity index (χ3v) is 9.90. The smallest absolute Gasteiger partial charge is 0.307 e. The molecule has 0 bridgehead atoms. The molecule has 0 aromatic rings. The minimum absolute atomic E-state index is 0.196. The van der Waals surface area contributed by atoms with Gasteiger partial charge in [-0.15, -0.1) is 0 Å². The molecule has 0 amide bonds. The van der Waals surface area contributed by atoms with E-state index in [1.165, 1.54) is 13.8 Å². The van der Waals surface area contributed by atoms with Crippen LogP contribution in [0.15, 0.2) is 0 Å². The normalized spacial score (nSPS) is 23.9. The van der Waals surface area contributed by atoms with Crippen molar-refractivity contribution in [2.24, 2.45) is 0 Å². The van der Waals surface area contributed by atoms with Crippen LogP contribution in [0.2, 0.25) is 0 Å². The van der Waals surface area contributed by atoms with Crippen molar-refractivity contribution in [1.82, 2.24) is 0 Å². The first-order valence-electron chi connectivity index (χ1n) is 4.85. The Labute approximate surface area is 105 Å². The van der Waals surface area contributed by atoms with E-state index >= 15 is 0 Å². The molecule has 1 fully saturated rings. The molecule has 0 N–H and O–H groups in total. The van der Waals surface area contributed by atoms with E-state index < -0.39 is 38.9 Å². The monoisotopic (exact) mass is 324 g/mol. The van der Waals surface area contributed by atoms with Gasteiger partial charge in [-0.2, -0.15) is 16.8 Å². The largest absolute Gasteiger partial charge is 0.369 e. The van der Waals surface area contributed by atoms with Crippen molar-refractivity contribution >= 4 is 27.8 Å². The minimum Gasteiger partial charge on any atom is -0.307 e. The van der Waals surface area contributed by atoms with Gasteiger partial charge in [0.1, 0.15) is 0 Å². The molecule has 1 rings (SSSR count). The van der Waals surface area contributed by atoms with Gasteiger partial charge in [0, 0.05) is 0 Å². The van der Waals surface area contributed by atoms with Gasteiger partial charge in [-0.25, -0.2) is 8.37 Å². The molecule has 0 atom stereocenters. The van der Waals surface area contributed by atoms with Crippen LogP contribution in [0.3, 0.4) is 0 Å². The second-order valence-corrected chi connectivity index (χ2v) is 9.52. The molecule has 0 unspecified atom stereocenters. The molecule has 9 nitrogen and oxygen atoms in total. The predicted molar refractivity (Wildman–Crippen MR) is 59.5 cm³/mol. The lowest BCUT2D eigenvalue weighted by molar-refractivity contribution is 0.120. The summed E-state index contributed by atoms with van der Waals surface area (Å²) in [6.45, 7) is 1.45. The summed E-state index contributed by atoms with van der Waals surface area (Å²) in [5.41, 5.74) is 0. The van der Waals surface area contributed by atoms with Crippen molar-refractivity contribution in [1.29, 1.82) is 0 Å². The molecule has 108 valence electrons. The van der Waals surface area contributed by atoms with E-state index in [2.05, 4.69) is 8.37 Å². The first-order chi connectivity index (χ1) is 8.19. The fourth-order valence-electron chi connectivity index (χ4n) is 1.25. The van der Waals surface area contributed by atoms with Crippen LogP contribution in [0.5, 0.6) is 0 Å². The molecule has 18 heavy (non-hydrogen) atoms. The van der Waals surface area contributed by atoms with E-state index in [0.29, 0.717) is 0 Å². The molecule has 0 aromatic carbocycles. The van der Waals surface area contributed by atoms with Crippen LogP contribution >= 0.6 is 7.60 Å². The molecule has 0 radical (unpaired) electrons. The lowest BCUT2D eigenvalue weighted by Gasteiger charge is -2.27. The molecule has 1 aliphatic rings. The van der Waals surface area contributed by atoms with E-state index in [1.807, 2.05) is 0 Å². The van der Waals surface area contributed by atoms with Gasteiger partial charge in [-0.1, -0.05) is 0 Å². The Morgan fingerprint density at radius 2 is 1.44 bits per heavy atom. The van der Waals surface area contributed by atoms with Crippen molar-refractivity contribution in [2.45, 2.75) is 18.2 Å². The van der Waals surface area contributed by atoms with Crippen LogP contribution in [0.1, 0.15) is 13.8 Å². The Bertz CT molecular complexity index is 491. The molecular weight excluding hydrogens is 311 g/mol. The van der Waals surface area contributed by atoms with Crippen LogP contribution < -0.4 is 0 Å². The summed E-state index contributed by atoms with van der Waals surface area (Å²) in [6, 6.07) is 0. The van der Waals surface area contributed by atoms with E-state index in [-0.39, 0.29) is 13.2 Å². The maximum atomic E-state index is 12.2. The Morgan fingerprint density at radius 1 is 1.06 bits per heavy atom. The van der Waals surface area contributed by atoms with Crippen LogP contribution in [0.4, 0.5) is 0 Å². The first kappa shape index (κ1) is 16.0. The summed E-state index contributed by atoms with van der Waals surface area (Å²) < 4.78 is 73.8. The van der Waals surface area contributed by atoms with Crippen molar-refractivity contribution < 1.29 is 38.8 Å². The van der Waals surface area contributed by atoms with Gasteiger partial charge in [0.05, 0.1) is 13.2 Å². The maximum absolute atomic E-state index is 12.2. The van der Waals surface area contributed by atoms with Gasteiger partial charge in [-0.05, 0) is 13.8 Å². The van der Waals surface area contributed by atoms with Gasteiger partial charge in [0.2, 0.25) is 0 Å². The number of hydrogen-bond acceptors (Lipinski definition) is 9. The summed E-state index contributed by atoms with van der Waals surface area (Å²) in [4.78, 5) is 0. The van der Waals surface area contributed by atoms with Gasteiger partial charge >= 0.3 is 32.2 Å². The van der Waals surface area contributed by atoms with Gasteiger partial charge in [0.15, 0.2) is 6.79 Å². The second kappa shape index (κ2) is 5.53. The van der Waals surface area contributed by atoms with Crippen LogP contribution in [0, 0.1) is 0 Å². The van der Waals surface area contributed by atoms with Gasteiger partial charge in [-0.3, -0.25) is 4.57 Å². The van der Waals surface area contributed by atoms with E-state index in [0.717, 1.165) is 0 Å². The topological polar surface area (TPSA) is 122 Å². The highest BCUT2D eigenvalue weighted by Gasteiger charge is 2.58. The van der Waals surface area contributed by atoms with Crippen LogP contribution in [-0.2, 0) is 42.2 Å². The Hall–Kier alpha value is -0.0300. The average molecular weight is 324 g/mol. The maximum Gasteiger partial charge on any atom is 0.369 e. The SMILES string of the molecule is CCOP(=O)(OCC)C1S(=O)(=O)OCOS1(=O)=O. The highest BCUT2D eigenvalue weighted by atomic mass is 32.3. The van der Waals surface area contributed by atoms with Crippen LogP contribution in [-0.4, -0.2) is 41.2 Å². The molecule has 0 spiro atoms. The third kappa shape index (κ3) is 3.10. The Morgan fingerprint density at radius 3 is 1.78 bits per heavy atom. The molecule has 12 heteroatoms. The lowest BCUT2D eigenvalue weighted by Crippen LogP contribution is -2.39. The quantitative estimate of drug-likeness (QED) is 0.515. The fourth-order valence-corrected chi connectivity index (χ4v) is 8.06. The van der Waals surface area contributed by atoms with E-state index in [1.54, 1.807) is 0 Å². The zero-order valence-corrected chi connectivity index (χ0v) is 12.2.